The molecule has 0 amide bonds. The third-order valence-corrected chi connectivity index (χ3v) is 3.66. The molecule has 1 heterocycles. The van der Waals surface area contributed by atoms with Crippen molar-refractivity contribution in [3.8, 4) is 11.3 Å². The molecule has 17 heavy (non-hydrogen) atoms. The molecule has 2 aromatic rings. The fraction of sp³-hybridized carbons (Fsp3) is 0.357. The van der Waals surface area contributed by atoms with Crippen LogP contribution in [0.2, 0.25) is 0 Å². The number of rotatable bonds is 3. The lowest BCUT2D eigenvalue weighted by atomic mass is 9.81. The molecule has 0 atom stereocenters. The van der Waals surface area contributed by atoms with E-state index in [2.05, 4.69) is 22.3 Å². The van der Waals surface area contributed by atoms with Gasteiger partial charge < -0.3 is 5.73 Å². The molecule has 3 heteroatoms. The predicted octanol–water partition coefficient (Wildman–Crippen LogP) is 2.80. The average Bonchev–Trinajstić information content (AvgIpc) is 2.71. The second-order valence-corrected chi connectivity index (χ2v) is 4.66. The fourth-order valence-corrected chi connectivity index (χ4v) is 2.45. The number of H-pyrrole nitrogens is 1. The number of hydrogen-bond acceptors (Lipinski definition) is 2. The third kappa shape index (κ3) is 1.76. The Balaban J connectivity index is 2.02. The van der Waals surface area contributed by atoms with Gasteiger partial charge in [-0.3, -0.25) is 5.10 Å². The highest BCUT2D eigenvalue weighted by Gasteiger charge is 2.25. The van der Waals surface area contributed by atoms with Crippen molar-refractivity contribution in [2.75, 3.05) is 0 Å². The van der Waals surface area contributed by atoms with E-state index in [0.29, 0.717) is 12.5 Å². The lowest BCUT2D eigenvalue weighted by Crippen LogP contribution is -2.12. The van der Waals surface area contributed by atoms with Crippen molar-refractivity contribution in [3.05, 3.63) is 41.6 Å². The quantitative estimate of drug-likeness (QED) is 0.847. The summed E-state index contributed by atoms with van der Waals surface area (Å²) in [5.41, 5.74) is 10.5. The minimum atomic E-state index is 0.562. The molecule has 0 bridgehead atoms. The van der Waals surface area contributed by atoms with Gasteiger partial charge in [0.25, 0.3) is 0 Å². The average molecular weight is 227 g/mol. The van der Waals surface area contributed by atoms with Gasteiger partial charge in [0.2, 0.25) is 0 Å². The smallest absolute Gasteiger partial charge is 0.0968 e. The zero-order valence-electron chi connectivity index (χ0n) is 9.82. The lowest BCUT2D eigenvalue weighted by Gasteiger charge is -2.25. The molecule has 0 radical (unpaired) electrons. The first-order valence-electron chi connectivity index (χ1n) is 6.22. The molecule has 1 aliphatic rings. The van der Waals surface area contributed by atoms with Crippen molar-refractivity contribution < 1.29 is 0 Å². The molecule has 0 spiro atoms. The van der Waals surface area contributed by atoms with Crippen LogP contribution in [0, 0.1) is 0 Å². The van der Waals surface area contributed by atoms with Gasteiger partial charge in [-0.05, 0) is 12.8 Å². The van der Waals surface area contributed by atoms with Crippen LogP contribution in [0.3, 0.4) is 0 Å². The number of aromatic amines is 1. The molecule has 0 aliphatic heterocycles. The second kappa shape index (κ2) is 4.34. The van der Waals surface area contributed by atoms with Crippen LogP contribution in [0.4, 0.5) is 0 Å². The largest absolute Gasteiger partial charge is 0.326 e. The molecule has 1 aliphatic carbocycles. The summed E-state index contributed by atoms with van der Waals surface area (Å²) >= 11 is 0. The van der Waals surface area contributed by atoms with Gasteiger partial charge in [0.15, 0.2) is 0 Å². The van der Waals surface area contributed by atoms with Gasteiger partial charge in [-0.2, -0.15) is 5.10 Å². The maximum absolute atomic E-state index is 5.89. The number of hydrogen-bond donors (Lipinski definition) is 2. The van der Waals surface area contributed by atoms with Crippen LogP contribution >= 0.6 is 0 Å². The monoisotopic (exact) mass is 227 g/mol. The topological polar surface area (TPSA) is 54.7 Å². The molecule has 3 rings (SSSR count). The van der Waals surface area contributed by atoms with Crippen LogP contribution in [0.1, 0.15) is 36.4 Å². The number of nitrogens with one attached hydrogen (secondary N) is 1. The van der Waals surface area contributed by atoms with Gasteiger partial charge in [0, 0.05) is 29.3 Å². The Labute approximate surface area is 101 Å². The Morgan fingerprint density at radius 3 is 2.59 bits per heavy atom. The second-order valence-electron chi connectivity index (χ2n) is 4.66. The summed E-state index contributed by atoms with van der Waals surface area (Å²) in [6.07, 6.45) is 3.86. The first-order chi connectivity index (χ1) is 8.40. The fourth-order valence-electron chi connectivity index (χ4n) is 2.45. The maximum atomic E-state index is 5.89. The van der Waals surface area contributed by atoms with E-state index in [1.165, 1.54) is 30.5 Å². The van der Waals surface area contributed by atoms with Crippen molar-refractivity contribution in [3.63, 3.8) is 0 Å². The van der Waals surface area contributed by atoms with E-state index in [9.17, 15) is 0 Å². The molecule has 1 aromatic heterocycles. The lowest BCUT2D eigenvalue weighted by molar-refractivity contribution is 0.408. The van der Waals surface area contributed by atoms with E-state index in [1.54, 1.807) is 0 Å². The van der Waals surface area contributed by atoms with E-state index < -0.39 is 0 Å². The van der Waals surface area contributed by atoms with Gasteiger partial charge in [-0.25, -0.2) is 0 Å². The Kier molecular flexibility index (Phi) is 2.69. The van der Waals surface area contributed by atoms with Gasteiger partial charge in [-0.1, -0.05) is 36.8 Å². The SMILES string of the molecule is NCc1c(-c2ccccc2)n[nH]c1C1CCC1. The molecule has 0 unspecified atom stereocenters. The normalized spacial score (nSPS) is 15.8. The highest BCUT2D eigenvalue weighted by Crippen LogP contribution is 2.39. The molecular formula is C14H17N3. The molecular weight excluding hydrogens is 210 g/mol. The Morgan fingerprint density at radius 2 is 2.00 bits per heavy atom. The first-order valence-corrected chi connectivity index (χ1v) is 6.22. The van der Waals surface area contributed by atoms with E-state index in [-0.39, 0.29) is 0 Å². The summed E-state index contributed by atoms with van der Waals surface area (Å²) in [7, 11) is 0. The number of aromatic nitrogens is 2. The summed E-state index contributed by atoms with van der Waals surface area (Å²) in [6, 6.07) is 10.3. The summed E-state index contributed by atoms with van der Waals surface area (Å²) in [4.78, 5) is 0. The summed E-state index contributed by atoms with van der Waals surface area (Å²) in [5.74, 6) is 0.651. The Morgan fingerprint density at radius 1 is 1.24 bits per heavy atom. The van der Waals surface area contributed by atoms with Crippen molar-refractivity contribution in [1.82, 2.24) is 10.2 Å². The standard InChI is InChI=1S/C14H17N3/c15-9-12-13(10-5-2-1-3-6-10)16-17-14(12)11-7-4-8-11/h1-3,5-6,11H,4,7-9,15H2,(H,16,17). The van der Waals surface area contributed by atoms with Crippen molar-refractivity contribution in [1.29, 1.82) is 0 Å². The van der Waals surface area contributed by atoms with Crippen molar-refractivity contribution in [2.24, 2.45) is 5.73 Å². The first kappa shape index (κ1) is 10.5. The van der Waals surface area contributed by atoms with Crippen LogP contribution in [-0.4, -0.2) is 10.2 Å². The molecule has 3 nitrogen and oxygen atoms in total. The zero-order chi connectivity index (χ0) is 11.7. The van der Waals surface area contributed by atoms with Gasteiger partial charge in [-0.15, -0.1) is 0 Å². The van der Waals surface area contributed by atoms with E-state index in [1.807, 2.05) is 18.2 Å². The minimum absolute atomic E-state index is 0.562. The Bertz CT molecular complexity index is 497. The van der Waals surface area contributed by atoms with E-state index in [4.69, 9.17) is 5.73 Å². The third-order valence-electron chi connectivity index (χ3n) is 3.66. The molecule has 1 aromatic carbocycles. The molecule has 1 fully saturated rings. The van der Waals surface area contributed by atoms with Crippen LogP contribution in [-0.2, 0) is 6.54 Å². The molecule has 1 saturated carbocycles. The molecule has 0 saturated heterocycles. The number of nitrogens with zero attached hydrogens (tertiary/aromatic N) is 1. The summed E-state index contributed by atoms with van der Waals surface area (Å²) in [6.45, 7) is 0.562. The zero-order valence-corrected chi connectivity index (χ0v) is 9.82. The summed E-state index contributed by atoms with van der Waals surface area (Å²) in [5, 5.41) is 7.65. The van der Waals surface area contributed by atoms with Crippen LogP contribution in [0.15, 0.2) is 30.3 Å². The van der Waals surface area contributed by atoms with Crippen LogP contribution < -0.4 is 5.73 Å². The highest BCUT2D eigenvalue weighted by molar-refractivity contribution is 5.64. The van der Waals surface area contributed by atoms with Gasteiger partial charge >= 0.3 is 0 Å². The van der Waals surface area contributed by atoms with Crippen LogP contribution in [0.5, 0.6) is 0 Å². The highest BCUT2D eigenvalue weighted by atomic mass is 15.1. The van der Waals surface area contributed by atoms with Crippen molar-refractivity contribution in [2.45, 2.75) is 31.7 Å². The minimum Gasteiger partial charge on any atom is -0.326 e. The molecule has 88 valence electrons. The molecule has 3 N–H and O–H groups in total. The number of nitrogens with two attached hydrogens (primary N) is 1. The van der Waals surface area contributed by atoms with E-state index in [0.717, 1.165) is 11.3 Å². The maximum Gasteiger partial charge on any atom is 0.0968 e. The predicted molar refractivity (Wildman–Crippen MR) is 68.5 cm³/mol. The van der Waals surface area contributed by atoms with Gasteiger partial charge in [0.05, 0.1) is 5.69 Å². The Hall–Kier alpha value is -1.61. The van der Waals surface area contributed by atoms with Gasteiger partial charge in [0.1, 0.15) is 0 Å². The van der Waals surface area contributed by atoms with Crippen LogP contribution in [0.25, 0.3) is 11.3 Å². The van der Waals surface area contributed by atoms with Crippen molar-refractivity contribution >= 4 is 0 Å². The van der Waals surface area contributed by atoms with E-state index >= 15 is 0 Å². The number of benzene rings is 1. The summed E-state index contributed by atoms with van der Waals surface area (Å²) < 4.78 is 0.